The highest BCUT2D eigenvalue weighted by Gasteiger charge is 2.65. The molecule has 0 aromatic carbocycles. The van der Waals surface area contributed by atoms with Crippen LogP contribution in [0.15, 0.2) is 0 Å². The lowest BCUT2D eigenvalue weighted by atomic mass is 9.52. The zero-order chi connectivity index (χ0) is 6.98. The predicted molar refractivity (Wildman–Crippen MR) is 41.7 cm³/mol. The highest BCUT2D eigenvalue weighted by atomic mass is 14.7. The van der Waals surface area contributed by atoms with Crippen LogP contribution >= 0.6 is 0 Å². The van der Waals surface area contributed by atoms with E-state index in [2.05, 4.69) is 13.8 Å². The Kier molecular flexibility index (Phi) is 0.669. The summed E-state index contributed by atoms with van der Waals surface area (Å²) >= 11 is 0. The van der Waals surface area contributed by atoms with Gasteiger partial charge < -0.3 is 0 Å². The van der Waals surface area contributed by atoms with Crippen molar-refractivity contribution < 1.29 is 0 Å². The highest BCUT2D eigenvalue weighted by molar-refractivity contribution is 5.15. The first-order valence-electron chi connectivity index (χ1n) is 4.61. The third kappa shape index (κ3) is 0.408. The number of rotatable bonds is 0. The molecule has 2 bridgehead atoms. The Morgan fingerprint density at radius 1 is 1.10 bits per heavy atom. The molecule has 0 heteroatoms. The van der Waals surface area contributed by atoms with Gasteiger partial charge in [0.1, 0.15) is 0 Å². The Bertz CT molecular complexity index is 194. The second-order valence-electron chi connectivity index (χ2n) is 5.62. The maximum Gasteiger partial charge on any atom is -0.0287 e. The molecule has 4 unspecified atom stereocenters. The lowest BCUT2D eigenvalue weighted by molar-refractivity contribution is -0.0325. The first-order chi connectivity index (χ1) is 4.61. The second-order valence-corrected chi connectivity index (χ2v) is 5.62. The van der Waals surface area contributed by atoms with Gasteiger partial charge in [-0.2, -0.15) is 0 Å². The molecule has 3 aliphatic carbocycles. The summed E-state index contributed by atoms with van der Waals surface area (Å²) in [5.41, 5.74) is 1.61. The quantitative estimate of drug-likeness (QED) is 0.480. The predicted octanol–water partition coefficient (Wildman–Crippen LogP) is 2.83. The molecule has 3 aliphatic rings. The molecule has 0 N–H and O–H groups in total. The third-order valence-electron chi connectivity index (χ3n) is 4.49. The van der Waals surface area contributed by atoms with E-state index in [0.717, 1.165) is 22.7 Å². The van der Waals surface area contributed by atoms with Gasteiger partial charge in [-0.25, -0.2) is 0 Å². The van der Waals surface area contributed by atoms with E-state index in [1.165, 1.54) is 0 Å². The average molecular weight is 136 g/mol. The van der Waals surface area contributed by atoms with Crippen molar-refractivity contribution in [2.45, 2.75) is 39.5 Å². The summed E-state index contributed by atoms with van der Waals surface area (Å²) in [6.07, 6.45) is 6.23. The van der Waals surface area contributed by atoms with Gasteiger partial charge in [0, 0.05) is 0 Å². The molecular formula is C10H16. The van der Waals surface area contributed by atoms with E-state index in [9.17, 15) is 0 Å². The summed E-state index contributed by atoms with van der Waals surface area (Å²) in [6.45, 7) is 5.02. The molecule has 0 aliphatic heterocycles. The Labute approximate surface area is 63.0 Å². The summed E-state index contributed by atoms with van der Waals surface area (Å²) in [5, 5.41) is 0. The van der Waals surface area contributed by atoms with Crippen LogP contribution in [-0.4, -0.2) is 0 Å². The van der Waals surface area contributed by atoms with E-state index < -0.39 is 0 Å². The Morgan fingerprint density at radius 2 is 1.90 bits per heavy atom. The zero-order valence-corrected chi connectivity index (χ0v) is 6.98. The summed E-state index contributed by atoms with van der Waals surface area (Å²) in [6, 6.07) is 0. The van der Waals surface area contributed by atoms with Crippen LogP contribution in [0.5, 0.6) is 0 Å². The normalized spacial score (nSPS) is 70.2. The smallest absolute Gasteiger partial charge is 0.0287 e. The molecule has 0 amide bonds. The molecule has 3 rings (SSSR count). The summed E-state index contributed by atoms with van der Waals surface area (Å²) < 4.78 is 0. The molecule has 56 valence electrons. The molecular weight excluding hydrogens is 120 g/mol. The monoisotopic (exact) mass is 136 g/mol. The third-order valence-corrected chi connectivity index (χ3v) is 4.49. The van der Waals surface area contributed by atoms with E-state index in [0.29, 0.717) is 0 Å². The highest BCUT2D eigenvalue weighted by Crippen LogP contribution is 2.75. The van der Waals surface area contributed by atoms with Gasteiger partial charge in [-0.3, -0.25) is 0 Å². The van der Waals surface area contributed by atoms with Gasteiger partial charge in [0.25, 0.3) is 0 Å². The lowest BCUT2D eigenvalue weighted by Gasteiger charge is -2.53. The minimum absolute atomic E-state index is 0.794. The minimum atomic E-state index is 0.794. The van der Waals surface area contributed by atoms with Crippen molar-refractivity contribution in [3.05, 3.63) is 0 Å². The SMILES string of the molecule is CC12CC3CC(C)(C1)C3C2. The fraction of sp³-hybridized carbons (Fsp3) is 1.00. The fourth-order valence-electron chi connectivity index (χ4n) is 4.50. The maximum absolute atomic E-state index is 2.51. The van der Waals surface area contributed by atoms with Crippen molar-refractivity contribution in [2.24, 2.45) is 22.7 Å². The summed E-state index contributed by atoms with van der Waals surface area (Å²) in [5.74, 6) is 2.31. The molecule has 3 fully saturated rings. The van der Waals surface area contributed by atoms with Gasteiger partial charge in [0.05, 0.1) is 0 Å². The van der Waals surface area contributed by atoms with E-state index in [1.54, 1.807) is 25.7 Å². The number of hydrogen-bond acceptors (Lipinski definition) is 0. The van der Waals surface area contributed by atoms with Crippen molar-refractivity contribution in [1.29, 1.82) is 0 Å². The first kappa shape index (κ1) is 5.62. The van der Waals surface area contributed by atoms with Crippen LogP contribution in [0.1, 0.15) is 39.5 Å². The largest absolute Gasteiger partial charge is 0.0596 e. The van der Waals surface area contributed by atoms with Crippen molar-refractivity contribution in [3.63, 3.8) is 0 Å². The standard InChI is InChI=1S/C10H16/c1-9-3-7-4-10(2,6-9)8(7)5-9/h7-8H,3-6H2,1-2H3. The molecule has 0 spiro atoms. The summed E-state index contributed by atoms with van der Waals surface area (Å²) in [4.78, 5) is 0. The molecule has 10 heavy (non-hydrogen) atoms. The van der Waals surface area contributed by atoms with Crippen LogP contribution in [-0.2, 0) is 0 Å². The van der Waals surface area contributed by atoms with E-state index in [1.807, 2.05) is 0 Å². The minimum Gasteiger partial charge on any atom is -0.0596 e. The van der Waals surface area contributed by atoms with Gasteiger partial charge >= 0.3 is 0 Å². The second kappa shape index (κ2) is 1.19. The lowest BCUT2D eigenvalue weighted by Crippen LogP contribution is -2.44. The van der Waals surface area contributed by atoms with E-state index in [4.69, 9.17) is 0 Å². The van der Waals surface area contributed by atoms with Gasteiger partial charge in [0.15, 0.2) is 0 Å². The molecule has 3 saturated carbocycles. The van der Waals surface area contributed by atoms with Gasteiger partial charge in [-0.05, 0) is 48.3 Å². The van der Waals surface area contributed by atoms with Crippen molar-refractivity contribution in [1.82, 2.24) is 0 Å². The van der Waals surface area contributed by atoms with Crippen molar-refractivity contribution in [2.75, 3.05) is 0 Å². The maximum atomic E-state index is 2.51. The molecule has 0 nitrogen and oxygen atoms in total. The number of hydrogen-bond donors (Lipinski definition) is 0. The topological polar surface area (TPSA) is 0 Å². The van der Waals surface area contributed by atoms with Gasteiger partial charge in [-0.1, -0.05) is 13.8 Å². The van der Waals surface area contributed by atoms with Crippen LogP contribution in [0.25, 0.3) is 0 Å². The molecule has 0 heterocycles. The van der Waals surface area contributed by atoms with Gasteiger partial charge in [-0.15, -0.1) is 0 Å². The molecule has 0 radical (unpaired) electrons. The average Bonchev–Trinajstić information content (AvgIpc) is 2.14. The fourth-order valence-corrected chi connectivity index (χ4v) is 4.50. The van der Waals surface area contributed by atoms with Crippen LogP contribution in [0.4, 0.5) is 0 Å². The van der Waals surface area contributed by atoms with E-state index in [-0.39, 0.29) is 0 Å². The van der Waals surface area contributed by atoms with Crippen LogP contribution in [0.3, 0.4) is 0 Å². The molecule has 0 aromatic heterocycles. The molecule has 0 aromatic rings. The van der Waals surface area contributed by atoms with E-state index >= 15 is 0 Å². The zero-order valence-electron chi connectivity index (χ0n) is 6.98. The first-order valence-corrected chi connectivity index (χ1v) is 4.61. The molecule has 0 saturated heterocycles. The van der Waals surface area contributed by atoms with Crippen LogP contribution < -0.4 is 0 Å². The van der Waals surface area contributed by atoms with Crippen molar-refractivity contribution >= 4 is 0 Å². The Balaban J connectivity index is 2.05. The molecule has 4 atom stereocenters. The Hall–Kier alpha value is 0. The Morgan fingerprint density at radius 3 is 2.20 bits per heavy atom. The summed E-state index contributed by atoms with van der Waals surface area (Å²) in [7, 11) is 0. The number of fused-ring (bicyclic) bond motifs is 1. The van der Waals surface area contributed by atoms with Gasteiger partial charge in [0.2, 0.25) is 0 Å². The van der Waals surface area contributed by atoms with Crippen LogP contribution in [0.2, 0.25) is 0 Å². The van der Waals surface area contributed by atoms with Crippen LogP contribution in [0, 0.1) is 22.7 Å². The van der Waals surface area contributed by atoms with Crippen molar-refractivity contribution in [3.8, 4) is 0 Å².